The summed E-state index contributed by atoms with van der Waals surface area (Å²) in [7, 11) is 2.53. The lowest BCUT2D eigenvalue weighted by molar-refractivity contribution is -0.139. The number of benzene rings is 1. The Morgan fingerprint density at radius 3 is 2.66 bits per heavy atom. The molecule has 2 aromatic rings. The summed E-state index contributed by atoms with van der Waals surface area (Å²) in [5.41, 5.74) is 0.103. The summed E-state index contributed by atoms with van der Waals surface area (Å²) in [5.74, 6) is -2.32. The van der Waals surface area contributed by atoms with Gasteiger partial charge in [-0.1, -0.05) is 11.6 Å². The molecule has 0 unspecified atom stereocenters. The number of carbonyl (C=O) groups excluding carboxylic acids is 3. The minimum atomic E-state index is -1.22. The van der Waals surface area contributed by atoms with Crippen molar-refractivity contribution >= 4 is 41.6 Å². The first-order chi connectivity index (χ1) is 15.2. The maximum atomic E-state index is 12.8. The fourth-order valence-corrected chi connectivity index (χ4v) is 3.05. The smallest absolute Gasteiger partial charge is 0.373 e. The van der Waals surface area contributed by atoms with Crippen molar-refractivity contribution in [3.05, 3.63) is 52.1 Å². The van der Waals surface area contributed by atoms with Crippen molar-refractivity contribution in [2.45, 2.75) is 6.54 Å². The third-order valence-electron chi connectivity index (χ3n) is 4.23. The Hall–Kier alpha value is -3.99. The summed E-state index contributed by atoms with van der Waals surface area (Å²) >= 11 is 6.08. The van der Waals surface area contributed by atoms with E-state index in [0.29, 0.717) is 0 Å². The largest absolute Gasteiger partial charge is 0.493 e. The quantitative estimate of drug-likeness (QED) is 0.341. The van der Waals surface area contributed by atoms with Gasteiger partial charge in [-0.3, -0.25) is 9.69 Å². The summed E-state index contributed by atoms with van der Waals surface area (Å²) < 4.78 is 20.3. The van der Waals surface area contributed by atoms with E-state index in [9.17, 15) is 19.2 Å². The van der Waals surface area contributed by atoms with Crippen LogP contribution >= 0.6 is 11.6 Å². The van der Waals surface area contributed by atoms with Gasteiger partial charge in [0.15, 0.2) is 18.1 Å². The lowest BCUT2D eigenvalue weighted by atomic mass is 10.1. The zero-order valence-electron chi connectivity index (χ0n) is 16.8. The molecule has 168 valence electrons. The summed E-state index contributed by atoms with van der Waals surface area (Å²) in [6, 6.07) is 4.91. The molecule has 12 heteroatoms. The molecule has 0 bridgehead atoms. The number of methoxy groups -OCH3 is 2. The van der Waals surface area contributed by atoms with Crippen LogP contribution in [0.25, 0.3) is 6.08 Å². The van der Waals surface area contributed by atoms with Crippen LogP contribution in [0.4, 0.5) is 4.79 Å². The van der Waals surface area contributed by atoms with Crippen LogP contribution < -0.4 is 14.8 Å². The molecular weight excluding hydrogens is 448 g/mol. The van der Waals surface area contributed by atoms with E-state index in [1.165, 1.54) is 44.6 Å². The third kappa shape index (κ3) is 4.83. The number of hydrogen-bond acceptors (Lipinski definition) is 8. The summed E-state index contributed by atoms with van der Waals surface area (Å²) in [6.45, 7) is -0.901. The lowest BCUT2D eigenvalue weighted by Gasteiger charge is -2.13. The number of furan rings is 1. The van der Waals surface area contributed by atoms with Crippen molar-refractivity contribution in [2.24, 2.45) is 0 Å². The van der Waals surface area contributed by atoms with Crippen LogP contribution in [-0.2, 0) is 20.9 Å². The van der Waals surface area contributed by atoms with Crippen LogP contribution in [0, 0.1) is 0 Å². The van der Waals surface area contributed by atoms with Gasteiger partial charge in [-0.05, 0) is 24.3 Å². The number of nitrogens with one attached hydrogen (secondary N) is 1. The van der Waals surface area contributed by atoms with E-state index in [1.807, 2.05) is 0 Å². The highest BCUT2D eigenvalue weighted by Gasteiger charge is 2.34. The number of nitrogens with zero attached hydrogens (tertiary/aromatic N) is 1. The van der Waals surface area contributed by atoms with Gasteiger partial charge in [-0.2, -0.15) is 0 Å². The first-order valence-corrected chi connectivity index (χ1v) is 9.35. The van der Waals surface area contributed by atoms with Crippen LogP contribution in [0.1, 0.15) is 21.9 Å². The number of imide groups is 1. The van der Waals surface area contributed by atoms with Gasteiger partial charge in [-0.25, -0.2) is 14.4 Å². The number of amides is 3. The Labute approximate surface area is 186 Å². The molecule has 0 atom stereocenters. The number of carboxylic acid groups (broad SMARTS) is 1. The highest BCUT2D eigenvalue weighted by atomic mass is 35.5. The Bertz CT molecular complexity index is 1120. The predicted molar refractivity (Wildman–Crippen MR) is 108 cm³/mol. The monoisotopic (exact) mass is 464 g/mol. The van der Waals surface area contributed by atoms with Crippen molar-refractivity contribution in [2.75, 3.05) is 20.8 Å². The molecule has 1 aliphatic heterocycles. The maximum Gasteiger partial charge on any atom is 0.373 e. The molecule has 0 spiro atoms. The Morgan fingerprint density at radius 1 is 1.25 bits per heavy atom. The van der Waals surface area contributed by atoms with E-state index >= 15 is 0 Å². The van der Waals surface area contributed by atoms with Gasteiger partial charge in [0.1, 0.15) is 11.5 Å². The molecule has 3 rings (SSSR count). The van der Waals surface area contributed by atoms with Gasteiger partial charge < -0.3 is 29.1 Å². The van der Waals surface area contributed by atoms with Crippen molar-refractivity contribution in [3.63, 3.8) is 0 Å². The van der Waals surface area contributed by atoms with Crippen molar-refractivity contribution in [1.29, 1.82) is 0 Å². The molecule has 1 saturated heterocycles. The number of urea groups is 1. The summed E-state index contributed by atoms with van der Waals surface area (Å²) in [5, 5.41) is 11.6. The van der Waals surface area contributed by atoms with E-state index < -0.39 is 30.5 Å². The molecule has 0 radical (unpaired) electrons. The second kappa shape index (κ2) is 9.43. The first-order valence-electron chi connectivity index (χ1n) is 8.97. The minimum Gasteiger partial charge on any atom is -0.493 e. The van der Waals surface area contributed by atoms with Gasteiger partial charge in [0.25, 0.3) is 5.91 Å². The van der Waals surface area contributed by atoms with Crippen molar-refractivity contribution in [1.82, 2.24) is 10.2 Å². The molecule has 1 aliphatic rings. The molecule has 2 heterocycles. The molecular formula is C20H17ClN2O9. The highest BCUT2D eigenvalue weighted by molar-refractivity contribution is 6.31. The molecule has 11 nitrogen and oxygen atoms in total. The van der Waals surface area contributed by atoms with Gasteiger partial charge in [0, 0.05) is 16.7 Å². The second-order valence-corrected chi connectivity index (χ2v) is 6.78. The molecule has 1 aromatic carbocycles. The predicted octanol–water partition coefficient (Wildman–Crippen LogP) is 2.28. The van der Waals surface area contributed by atoms with Crippen LogP contribution in [0.2, 0.25) is 5.02 Å². The van der Waals surface area contributed by atoms with E-state index in [4.69, 9.17) is 30.6 Å². The standard InChI is InChI=1S/C20H17ClN2O9/c1-29-15-7-11(21)5-10(17(15)31-9-16(24)25)6-13-18(26)23(20(28)22-13)8-12-3-4-14(32-12)19(27)30-2/h3-7H,8-9H2,1-2H3,(H,22,28)(H,24,25)/b13-6-. The normalized spacial score (nSPS) is 14.5. The number of halogens is 1. The zero-order chi connectivity index (χ0) is 23.4. The Morgan fingerprint density at radius 2 is 2.00 bits per heavy atom. The average Bonchev–Trinajstić information content (AvgIpc) is 3.32. The van der Waals surface area contributed by atoms with Crippen LogP contribution in [0.15, 0.2) is 34.4 Å². The Kier molecular flexibility index (Phi) is 6.69. The minimum absolute atomic E-state index is 0.0288. The van der Waals surface area contributed by atoms with E-state index in [1.54, 1.807) is 0 Å². The number of carboxylic acids is 1. The van der Waals surface area contributed by atoms with Crippen LogP contribution in [0.5, 0.6) is 11.5 Å². The number of rotatable bonds is 8. The number of ether oxygens (including phenoxy) is 3. The second-order valence-electron chi connectivity index (χ2n) is 6.35. The molecule has 0 aliphatic carbocycles. The maximum absolute atomic E-state index is 12.8. The van der Waals surface area contributed by atoms with Crippen molar-refractivity contribution in [3.8, 4) is 11.5 Å². The number of hydrogen-bond donors (Lipinski definition) is 2. The fourth-order valence-electron chi connectivity index (χ4n) is 2.84. The SMILES string of the molecule is COC(=O)c1ccc(CN2C(=O)N/C(=C\c3cc(Cl)cc(OC)c3OCC(=O)O)C2=O)o1. The van der Waals surface area contributed by atoms with E-state index in [0.717, 1.165) is 4.90 Å². The van der Waals surface area contributed by atoms with Gasteiger partial charge in [0.05, 0.1) is 20.8 Å². The molecule has 1 fully saturated rings. The molecule has 32 heavy (non-hydrogen) atoms. The number of aliphatic carboxylic acids is 1. The van der Waals surface area contributed by atoms with Crippen molar-refractivity contribution < 1.29 is 42.9 Å². The van der Waals surface area contributed by atoms with Crippen LogP contribution in [0.3, 0.4) is 0 Å². The third-order valence-corrected chi connectivity index (χ3v) is 4.45. The van der Waals surface area contributed by atoms with Gasteiger partial charge >= 0.3 is 18.0 Å². The molecule has 2 N–H and O–H groups in total. The highest BCUT2D eigenvalue weighted by Crippen LogP contribution is 2.36. The van der Waals surface area contributed by atoms with E-state index in [2.05, 4.69) is 10.1 Å². The first kappa shape index (κ1) is 22.7. The molecule has 3 amide bonds. The van der Waals surface area contributed by atoms with Crippen LogP contribution in [-0.4, -0.2) is 54.7 Å². The molecule has 1 aromatic heterocycles. The van der Waals surface area contributed by atoms with Gasteiger partial charge in [0.2, 0.25) is 5.76 Å². The van der Waals surface area contributed by atoms with Gasteiger partial charge in [-0.15, -0.1) is 0 Å². The van der Waals surface area contributed by atoms with E-state index in [-0.39, 0.29) is 45.8 Å². The topological polar surface area (TPSA) is 145 Å². The Balaban J connectivity index is 1.88. The number of esters is 1. The zero-order valence-corrected chi connectivity index (χ0v) is 17.6. The number of carbonyl (C=O) groups is 4. The molecule has 0 saturated carbocycles. The summed E-state index contributed by atoms with van der Waals surface area (Å²) in [6.07, 6.45) is 1.29. The lowest BCUT2D eigenvalue weighted by Crippen LogP contribution is -2.30. The average molecular weight is 465 g/mol. The fraction of sp³-hybridized carbons (Fsp3) is 0.200. The summed E-state index contributed by atoms with van der Waals surface area (Å²) in [4.78, 5) is 48.4.